The fourth-order valence-corrected chi connectivity index (χ4v) is 2.28. The molecule has 102 valence electrons. The van der Waals surface area contributed by atoms with Gasteiger partial charge in [-0.25, -0.2) is 9.18 Å². The highest BCUT2D eigenvalue weighted by Crippen LogP contribution is 2.30. The first-order valence-electron chi connectivity index (χ1n) is 6.22. The summed E-state index contributed by atoms with van der Waals surface area (Å²) in [4.78, 5) is 11.8. The Hall–Kier alpha value is -1.91. The van der Waals surface area contributed by atoms with Crippen molar-refractivity contribution in [1.29, 1.82) is 0 Å². The first-order chi connectivity index (χ1) is 9.06. The van der Waals surface area contributed by atoms with Crippen LogP contribution in [0.1, 0.15) is 25.3 Å². The van der Waals surface area contributed by atoms with Crippen molar-refractivity contribution in [2.75, 3.05) is 13.7 Å². The van der Waals surface area contributed by atoms with Gasteiger partial charge in [-0.3, -0.25) is 5.01 Å². The highest BCUT2D eigenvalue weighted by Gasteiger charge is 2.44. The molecule has 0 saturated carbocycles. The van der Waals surface area contributed by atoms with Gasteiger partial charge in [0.05, 0.1) is 13.3 Å². The lowest BCUT2D eigenvalue weighted by Gasteiger charge is -2.29. The summed E-state index contributed by atoms with van der Waals surface area (Å²) in [7, 11) is 1.38. The van der Waals surface area contributed by atoms with E-state index in [1.165, 1.54) is 19.2 Å². The summed E-state index contributed by atoms with van der Waals surface area (Å²) < 4.78 is 17.9. The summed E-state index contributed by atoms with van der Waals surface area (Å²) >= 11 is 0. The van der Waals surface area contributed by atoms with Crippen molar-refractivity contribution in [2.24, 2.45) is 5.10 Å². The molecule has 1 saturated heterocycles. The zero-order chi connectivity index (χ0) is 13.9. The Morgan fingerprint density at radius 2 is 2.37 bits per heavy atom. The Bertz CT molecular complexity index is 504. The molecule has 1 fully saturated rings. The molecule has 0 aromatic heterocycles. The Balaban J connectivity index is 2.16. The van der Waals surface area contributed by atoms with Crippen molar-refractivity contribution in [3.8, 4) is 0 Å². The molecule has 0 radical (unpaired) electrons. The highest BCUT2D eigenvalue weighted by atomic mass is 19.1. The zero-order valence-corrected chi connectivity index (χ0v) is 11.1. The predicted molar refractivity (Wildman–Crippen MR) is 70.4 cm³/mol. The van der Waals surface area contributed by atoms with E-state index in [0.29, 0.717) is 18.5 Å². The first kappa shape index (κ1) is 13.5. The lowest BCUT2D eigenvalue weighted by molar-refractivity contribution is -0.152. The topological polar surface area (TPSA) is 41.9 Å². The monoisotopic (exact) mass is 264 g/mol. The molecule has 0 aliphatic carbocycles. The third-order valence-electron chi connectivity index (χ3n) is 3.42. The van der Waals surface area contributed by atoms with E-state index in [1.54, 1.807) is 23.4 Å². The smallest absolute Gasteiger partial charge is 0.333 e. The zero-order valence-electron chi connectivity index (χ0n) is 11.1. The number of hydrogen-bond acceptors (Lipinski definition) is 4. The summed E-state index contributed by atoms with van der Waals surface area (Å²) in [6.45, 7) is 2.51. The molecule has 4 nitrogen and oxygen atoms in total. The van der Waals surface area contributed by atoms with Crippen LogP contribution in [-0.4, -0.2) is 36.4 Å². The van der Waals surface area contributed by atoms with E-state index in [9.17, 15) is 9.18 Å². The second-order valence-electron chi connectivity index (χ2n) is 4.79. The van der Waals surface area contributed by atoms with Crippen molar-refractivity contribution in [3.63, 3.8) is 0 Å². The minimum atomic E-state index is -0.724. The molecule has 2 rings (SSSR count). The number of ether oxygens (including phenoxy) is 1. The normalized spacial score (nSPS) is 23.0. The number of nitrogens with zero attached hydrogens (tertiary/aromatic N) is 2. The van der Waals surface area contributed by atoms with Crippen LogP contribution in [0.3, 0.4) is 0 Å². The Kier molecular flexibility index (Phi) is 3.83. The fraction of sp³-hybridized carbons (Fsp3) is 0.429. The number of carbonyl (C=O) groups is 1. The lowest BCUT2D eigenvalue weighted by Crippen LogP contribution is -2.45. The summed E-state index contributed by atoms with van der Waals surface area (Å²) in [6.07, 6.45) is 3.15. The molecule has 0 bridgehead atoms. The number of halogens is 1. The minimum Gasteiger partial charge on any atom is -0.467 e. The van der Waals surface area contributed by atoms with Crippen LogP contribution in [-0.2, 0) is 9.53 Å². The van der Waals surface area contributed by atoms with Gasteiger partial charge in [0.2, 0.25) is 0 Å². The van der Waals surface area contributed by atoms with Crippen LogP contribution in [0.4, 0.5) is 4.39 Å². The van der Waals surface area contributed by atoms with Gasteiger partial charge in [0.1, 0.15) is 5.82 Å². The molecule has 1 aromatic rings. The van der Waals surface area contributed by atoms with Crippen LogP contribution < -0.4 is 0 Å². The fourth-order valence-electron chi connectivity index (χ4n) is 2.28. The maximum absolute atomic E-state index is 13.1. The molecule has 0 amide bonds. The maximum Gasteiger partial charge on any atom is 0.333 e. The van der Waals surface area contributed by atoms with Gasteiger partial charge in [-0.1, -0.05) is 12.1 Å². The van der Waals surface area contributed by atoms with Crippen molar-refractivity contribution in [2.45, 2.75) is 25.3 Å². The molecule has 0 unspecified atom stereocenters. The van der Waals surface area contributed by atoms with E-state index >= 15 is 0 Å². The van der Waals surface area contributed by atoms with Crippen LogP contribution in [0.25, 0.3) is 0 Å². The molecule has 1 aliphatic heterocycles. The average Bonchev–Trinajstić information content (AvgIpc) is 2.78. The number of rotatable bonds is 3. The highest BCUT2D eigenvalue weighted by molar-refractivity contribution is 5.82. The van der Waals surface area contributed by atoms with Crippen LogP contribution in [0.15, 0.2) is 29.4 Å². The summed E-state index contributed by atoms with van der Waals surface area (Å²) in [6, 6.07) is 6.17. The van der Waals surface area contributed by atoms with Gasteiger partial charge in [-0.2, -0.15) is 5.10 Å². The largest absolute Gasteiger partial charge is 0.467 e. The predicted octanol–water partition coefficient (Wildman–Crippen LogP) is 2.19. The Morgan fingerprint density at radius 1 is 1.58 bits per heavy atom. The van der Waals surface area contributed by atoms with E-state index < -0.39 is 5.54 Å². The molecule has 1 aliphatic rings. The second kappa shape index (κ2) is 5.38. The van der Waals surface area contributed by atoms with Crippen molar-refractivity contribution in [1.82, 2.24) is 5.01 Å². The van der Waals surface area contributed by atoms with Gasteiger partial charge in [0.15, 0.2) is 5.54 Å². The van der Waals surface area contributed by atoms with Crippen LogP contribution >= 0.6 is 0 Å². The summed E-state index contributed by atoms with van der Waals surface area (Å²) in [5, 5.41) is 6.01. The lowest BCUT2D eigenvalue weighted by atomic mass is 10.0. The molecule has 0 N–H and O–H groups in total. The number of carbonyl (C=O) groups excluding carboxylic acids is 1. The van der Waals surface area contributed by atoms with Gasteiger partial charge < -0.3 is 4.74 Å². The molecular formula is C14H17FN2O2. The van der Waals surface area contributed by atoms with Crippen molar-refractivity contribution in [3.05, 3.63) is 35.6 Å². The minimum absolute atomic E-state index is 0.290. The first-order valence-corrected chi connectivity index (χ1v) is 6.22. The van der Waals surface area contributed by atoms with E-state index in [2.05, 4.69) is 5.10 Å². The molecule has 1 heterocycles. The third-order valence-corrected chi connectivity index (χ3v) is 3.42. The van der Waals surface area contributed by atoms with E-state index in [-0.39, 0.29) is 11.8 Å². The van der Waals surface area contributed by atoms with E-state index in [1.807, 2.05) is 6.92 Å². The van der Waals surface area contributed by atoms with Gasteiger partial charge in [-0.15, -0.1) is 0 Å². The van der Waals surface area contributed by atoms with E-state index in [0.717, 1.165) is 6.42 Å². The number of hydrogen-bond donors (Lipinski definition) is 0. The molecule has 5 heteroatoms. The van der Waals surface area contributed by atoms with Crippen molar-refractivity contribution >= 4 is 12.2 Å². The summed E-state index contributed by atoms with van der Waals surface area (Å²) in [5.41, 5.74) is -0.0578. The Morgan fingerprint density at radius 3 is 3.05 bits per heavy atom. The second-order valence-corrected chi connectivity index (χ2v) is 4.79. The van der Waals surface area contributed by atoms with Gasteiger partial charge in [0, 0.05) is 6.54 Å². The Labute approximate surface area is 111 Å². The molecule has 0 spiro atoms. The van der Waals surface area contributed by atoms with Gasteiger partial charge in [0.25, 0.3) is 0 Å². The summed E-state index contributed by atoms with van der Waals surface area (Å²) in [5.74, 6) is -0.595. The third kappa shape index (κ3) is 2.75. The molecule has 19 heavy (non-hydrogen) atoms. The van der Waals surface area contributed by atoms with Crippen LogP contribution in [0.2, 0.25) is 0 Å². The van der Waals surface area contributed by atoms with Crippen LogP contribution in [0, 0.1) is 5.82 Å². The average molecular weight is 264 g/mol. The van der Waals surface area contributed by atoms with Crippen molar-refractivity contribution < 1.29 is 13.9 Å². The van der Waals surface area contributed by atoms with E-state index in [4.69, 9.17) is 4.74 Å². The maximum atomic E-state index is 13.1. The van der Waals surface area contributed by atoms with Gasteiger partial charge >= 0.3 is 5.97 Å². The molecule has 1 atom stereocenters. The van der Waals surface area contributed by atoms with Gasteiger partial charge in [-0.05, 0) is 37.5 Å². The van der Waals surface area contributed by atoms with Crippen LogP contribution in [0.5, 0.6) is 0 Å². The number of methoxy groups -OCH3 is 1. The molecule has 1 aromatic carbocycles. The SMILES string of the molecule is COC(=O)[C@@]1(C)CCCN1/N=C/c1cccc(F)c1. The number of hydrazone groups is 1. The standard InChI is InChI=1S/C14H17FN2O2/c1-14(13(18)19-2)7-4-8-17(14)16-10-11-5-3-6-12(15)9-11/h3,5-6,9-10H,4,7-8H2,1-2H3/b16-10+/t14-/m1/s1. The quantitative estimate of drug-likeness (QED) is 0.620. The number of esters is 1. The number of benzene rings is 1. The molecular weight excluding hydrogens is 247 g/mol.